The van der Waals surface area contributed by atoms with Crippen LogP contribution in [0.15, 0.2) is 18.2 Å². The molecule has 0 aliphatic rings. The van der Waals surface area contributed by atoms with E-state index in [0.717, 1.165) is 0 Å². The lowest BCUT2D eigenvalue weighted by atomic mass is 10.2. The molecular weight excluding hydrogens is 246 g/mol. The number of aryl methyl sites for hydroxylation is 1. The van der Waals surface area contributed by atoms with Gasteiger partial charge in [-0.1, -0.05) is 12.1 Å². The maximum atomic E-state index is 13.7. The topological polar surface area (TPSA) is 44.8 Å². The van der Waals surface area contributed by atoms with Crippen molar-refractivity contribution in [1.82, 2.24) is 0 Å². The van der Waals surface area contributed by atoms with Gasteiger partial charge < -0.3 is 4.52 Å². The Morgan fingerprint density at radius 3 is 2.35 bits per heavy atom. The maximum Gasteiger partial charge on any atom is 0.530 e. The number of phosphoric acid groups is 1. The van der Waals surface area contributed by atoms with Gasteiger partial charge in [0.15, 0.2) is 11.6 Å². The SMILES string of the molecule is CCOP(=O)(OCC)Oc1cccc(C)c1F. The van der Waals surface area contributed by atoms with Gasteiger partial charge in [-0.15, -0.1) is 0 Å². The molecule has 1 aromatic rings. The molecule has 0 aromatic heterocycles. The van der Waals surface area contributed by atoms with Gasteiger partial charge in [0.25, 0.3) is 0 Å². The quantitative estimate of drug-likeness (QED) is 0.733. The zero-order valence-electron chi connectivity index (χ0n) is 10.1. The molecule has 96 valence electrons. The lowest BCUT2D eigenvalue weighted by Gasteiger charge is -2.17. The zero-order chi connectivity index (χ0) is 12.9. The molecule has 1 rings (SSSR count). The van der Waals surface area contributed by atoms with E-state index >= 15 is 0 Å². The van der Waals surface area contributed by atoms with Crippen LogP contribution in [0.25, 0.3) is 0 Å². The predicted molar refractivity (Wildman–Crippen MR) is 62.6 cm³/mol. The minimum atomic E-state index is -3.73. The molecule has 0 saturated heterocycles. The first-order chi connectivity index (χ1) is 8.02. The van der Waals surface area contributed by atoms with Crippen LogP contribution in [0.3, 0.4) is 0 Å². The number of benzene rings is 1. The summed E-state index contributed by atoms with van der Waals surface area (Å²) >= 11 is 0. The fourth-order valence-corrected chi connectivity index (χ4v) is 2.41. The standard InChI is InChI=1S/C11H16FO4P/c1-4-14-17(13,15-5-2)16-10-8-6-7-9(3)11(10)12/h6-8H,4-5H2,1-3H3. The first-order valence-electron chi connectivity index (χ1n) is 5.36. The third-order valence-corrected chi connectivity index (χ3v) is 3.51. The fourth-order valence-electron chi connectivity index (χ4n) is 1.22. The number of hydrogen-bond donors (Lipinski definition) is 0. The number of phosphoric ester groups is 1. The Morgan fingerprint density at radius 2 is 1.82 bits per heavy atom. The van der Waals surface area contributed by atoms with E-state index in [1.807, 2.05) is 0 Å². The van der Waals surface area contributed by atoms with Crippen molar-refractivity contribution in [3.05, 3.63) is 29.6 Å². The molecule has 0 heterocycles. The normalized spacial score (nSPS) is 11.5. The summed E-state index contributed by atoms with van der Waals surface area (Å²) in [5.41, 5.74) is 0.405. The lowest BCUT2D eigenvalue weighted by molar-refractivity contribution is 0.165. The molecule has 0 aliphatic heterocycles. The number of halogens is 1. The van der Waals surface area contributed by atoms with Crippen molar-refractivity contribution in [3.8, 4) is 5.75 Å². The van der Waals surface area contributed by atoms with E-state index in [9.17, 15) is 8.96 Å². The second-order valence-electron chi connectivity index (χ2n) is 3.26. The second-order valence-corrected chi connectivity index (χ2v) is 4.85. The van der Waals surface area contributed by atoms with Crippen LogP contribution in [-0.2, 0) is 13.6 Å². The van der Waals surface area contributed by atoms with Crippen molar-refractivity contribution in [2.45, 2.75) is 20.8 Å². The highest BCUT2D eigenvalue weighted by molar-refractivity contribution is 7.48. The molecule has 0 N–H and O–H groups in total. The van der Waals surface area contributed by atoms with E-state index in [1.54, 1.807) is 32.9 Å². The minimum absolute atomic E-state index is 0.129. The average molecular weight is 262 g/mol. The van der Waals surface area contributed by atoms with Crippen LogP contribution in [0.5, 0.6) is 5.75 Å². The molecule has 4 nitrogen and oxygen atoms in total. The van der Waals surface area contributed by atoms with Crippen LogP contribution in [0.1, 0.15) is 19.4 Å². The summed E-state index contributed by atoms with van der Waals surface area (Å²) in [4.78, 5) is 0. The second kappa shape index (κ2) is 6.15. The molecule has 1 aromatic carbocycles. The van der Waals surface area contributed by atoms with Gasteiger partial charge in [0.2, 0.25) is 0 Å². The Hall–Kier alpha value is -0.900. The van der Waals surface area contributed by atoms with E-state index < -0.39 is 13.6 Å². The van der Waals surface area contributed by atoms with E-state index in [-0.39, 0.29) is 19.0 Å². The van der Waals surface area contributed by atoms with Crippen molar-refractivity contribution < 1.29 is 22.5 Å². The van der Waals surface area contributed by atoms with Crippen molar-refractivity contribution in [1.29, 1.82) is 0 Å². The smallest absolute Gasteiger partial charge is 0.401 e. The van der Waals surface area contributed by atoms with Crippen LogP contribution >= 0.6 is 7.82 Å². The van der Waals surface area contributed by atoms with Crippen LogP contribution in [0, 0.1) is 12.7 Å². The molecule has 0 bridgehead atoms. The molecule has 0 amide bonds. The summed E-state index contributed by atoms with van der Waals surface area (Å²) in [5, 5.41) is 0. The molecule has 0 fully saturated rings. The Balaban J connectivity index is 2.93. The Morgan fingerprint density at radius 1 is 1.24 bits per heavy atom. The van der Waals surface area contributed by atoms with Gasteiger partial charge in [-0.3, -0.25) is 9.05 Å². The molecule has 6 heteroatoms. The molecule has 0 spiro atoms. The molecule has 17 heavy (non-hydrogen) atoms. The molecule has 0 aliphatic carbocycles. The van der Waals surface area contributed by atoms with Gasteiger partial charge in [0.1, 0.15) is 0 Å². The molecule has 0 atom stereocenters. The number of rotatable bonds is 6. The predicted octanol–water partition coefficient (Wildman–Crippen LogP) is 3.69. The Bertz CT molecular complexity index is 412. The van der Waals surface area contributed by atoms with Crippen molar-refractivity contribution in [2.24, 2.45) is 0 Å². The first-order valence-corrected chi connectivity index (χ1v) is 6.82. The molecule has 0 radical (unpaired) electrons. The van der Waals surface area contributed by atoms with Gasteiger partial charge in [-0.2, -0.15) is 0 Å². The van der Waals surface area contributed by atoms with Crippen LogP contribution < -0.4 is 4.52 Å². The monoisotopic (exact) mass is 262 g/mol. The van der Waals surface area contributed by atoms with E-state index in [4.69, 9.17) is 13.6 Å². The minimum Gasteiger partial charge on any atom is -0.401 e. The van der Waals surface area contributed by atoms with Crippen molar-refractivity contribution in [3.63, 3.8) is 0 Å². The third-order valence-electron chi connectivity index (χ3n) is 1.94. The molecule has 0 unspecified atom stereocenters. The van der Waals surface area contributed by atoms with Gasteiger partial charge in [0.05, 0.1) is 13.2 Å². The van der Waals surface area contributed by atoms with Crippen LogP contribution in [0.4, 0.5) is 4.39 Å². The van der Waals surface area contributed by atoms with Gasteiger partial charge in [-0.05, 0) is 32.4 Å². The van der Waals surface area contributed by atoms with E-state index in [0.29, 0.717) is 5.56 Å². The molecule has 0 saturated carbocycles. The largest absolute Gasteiger partial charge is 0.530 e. The summed E-state index contributed by atoms with van der Waals surface area (Å²) in [6.07, 6.45) is 0. The van der Waals surface area contributed by atoms with Gasteiger partial charge in [-0.25, -0.2) is 8.96 Å². The summed E-state index contributed by atoms with van der Waals surface area (Å²) in [6, 6.07) is 4.58. The zero-order valence-corrected chi connectivity index (χ0v) is 11.0. The summed E-state index contributed by atoms with van der Waals surface area (Å²) in [5.74, 6) is -0.692. The highest BCUT2D eigenvalue weighted by Gasteiger charge is 2.28. The van der Waals surface area contributed by atoms with Gasteiger partial charge in [0, 0.05) is 0 Å². The number of hydrogen-bond acceptors (Lipinski definition) is 4. The van der Waals surface area contributed by atoms with E-state index in [1.165, 1.54) is 6.07 Å². The highest BCUT2D eigenvalue weighted by atomic mass is 31.2. The Kier molecular flexibility index (Phi) is 5.12. The van der Waals surface area contributed by atoms with Crippen LogP contribution in [-0.4, -0.2) is 13.2 Å². The molecular formula is C11H16FO4P. The summed E-state index contributed by atoms with van der Waals surface area (Å²) in [7, 11) is -3.73. The highest BCUT2D eigenvalue weighted by Crippen LogP contribution is 2.49. The maximum absolute atomic E-state index is 13.7. The van der Waals surface area contributed by atoms with Crippen molar-refractivity contribution in [2.75, 3.05) is 13.2 Å². The first kappa shape index (κ1) is 14.2. The lowest BCUT2D eigenvalue weighted by Crippen LogP contribution is -2.03. The third kappa shape index (κ3) is 3.80. The van der Waals surface area contributed by atoms with Crippen LogP contribution in [0.2, 0.25) is 0 Å². The average Bonchev–Trinajstić information content (AvgIpc) is 2.25. The van der Waals surface area contributed by atoms with E-state index in [2.05, 4.69) is 0 Å². The fraction of sp³-hybridized carbons (Fsp3) is 0.455. The van der Waals surface area contributed by atoms with Gasteiger partial charge >= 0.3 is 7.82 Å². The van der Waals surface area contributed by atoms with Crippen molar-refractivity contribution >= 4 is 7.82 Å². The Labute approximate surface area is 100 Å². The summed E-state index contributed by atoms with van der Waals surface area (Å²) in [6.45, 7) is 5.22. The summed E-state index contributed by atoms with van der Waals surface area (Å²) < 4.78 is 40.5.